The number of nitrogens with zero attached hydrogens (tertiary/aromatic N) is 1. The molecule has 0 aromatic heterocycles. The fraction of sp³-hybridized carbons (Fsp3) is 0.529. The van der Waals surface area contributed by atoms with Crippen molar-refractivity contribution in [2.45, 2.75) is 44.7 Å². The first-order valence-electron chi connectivity index (χ1n) is 7.94. The molecule has 0 radical (unpaired) electrons. The Kier molecular flexibility index (Phi) is 4.41. The zero-order valence-corrected chi connectivity index (χ0v) is 12.6. The van der Waals surface area contributed by atoms with Crippen molar-refractivity contribution in [1.82, 2.24) is 10.2 Å². The number of nitrogens with one attached hydrogen (secondary N) is 1. The molecule has 22 heavy (non-hydrogen) atoms. The van der Waals surface area contributed by atoms with Crippen LogP contribution in [0.3, 0.4) is 0 Å². The van der Waals surface area contributed by atoms with Crippen molar-refractivity contribution < 1.29 is 14.0 Å². The summed E-state index contributed by atoms with van der Waals surface area (Å²) in [5.74, 6) is -0.0773. The fourth-order valence-corrected chi connectivity index (χ4v) is 3.38. The summed E-state index contributed by atoms with van der Waals surface area (Å²) in [5.41, 5.74) is 0.774. The Labute approximate surface area is 129 Å². The maximum atomic E-state index is 13.2. The van der Waals surface area contributed by atoms with Gasteiger partial charge in [-0.2, -0.15) is 0 Å². The quantitative estimate of drug-likeness (QED) is 0.927. The number of hydrogen-bond donors (Lipinski definition) is 1. The lowest BCUT2D eigenvalue weighted by atomic mass is 10.1. The van der Waals surface area contributed by atoms with Crippen LogP contribution in [0.1, 0.15) is 37.7 Å². The van der Waals surface area contributed by atoms with Crippen molar-refractivity contribution in [3.05, 3.63) is 35.6 Å². The molecule has 1 aromatic carbocycles. The molecule has 3 rings (SSSR count). The molecule has 1 aliphatic carbocycles. The monoisotopic (exact) mass is 304 g/mol. The Morgan fingerprint density at radius 1 is 1.32 bits per heavy atom. The summed E-state index contributed by atoms with van der Waals surface area (Å²) in [4.78, 5) is 25.9. The largest absolute Gasteiger partial charge is 0.351 e. The molecule has 1 atom stereocenters. The van der Waals surface area contributed by atoms with Crippen LogP contribution in [-0.4, -0.2) is 29.3 Å². The van der Waals surface area contributed by atoms with Crippen LogP contribution in [0.5, 0.6) is 0 Å². The van der Waals surface area contributed by atoms with Crippen LogP contribution in [-0.2, 0) is 16.1 Å². The summed E-state index contributed by atoms with van der Waals surface area (Å²) in [6, 6.07) is 6.16. The summed E-state index contributed by atoms with van der Waals surface area (Å²) in [5, 5.41) is 3.00. The van der Waals surface area contributed by atoms with E-state index in [1.807, 2.05) is 0 Å². The van der Waals surface area contributed by atoms with Gasteiger partial charge in [0, 0.05) is 25.4 Å². The zero-order valence-electron chi connectivity index (χ0n) is 12.6. The molecular formula is C17H21FN2O2. The number of benzene rings is 1. The molecule has 4 nitrogen and oxygen atoms in total. The topological polar surface area (TPSA) is 49.4 Å². The molecule has 5 heteroatoms. The molecule has 0 bridgehead atoms. The van der Waals surface area contributed by atoms with Crippen LogP contribution in [0.4, 0.5) is 4.39 Å². The highest BCUT2D eigenvalue weighted by atomic mass is 19.1. The average Bonchev–Trinajstić information content (AvgIpc) is 3.10. The van der Waals surface area contributed by atoms with Crippen molar-refractivity contribution in [3.63, 3.8) is 0 Å². The first-order valence-corrected chi connectivity index (χ1v) is 7.94. The molecule has 2 fully saturated rings. The summed E-state index contributed by atoms with van der Waals surface area (Å²) >= 11 is 0. The van der Waals surface area contributed by atoms with E-state index < -0.39 is 0 Å². The van der Waals surface area contributed by atoms with E-state index >= 15 is 0 Å². The van der Waals surface area contributed by atoms with Crippen LogP contribution < -0.4 is 5.32 Å². The lowest BCUT2D eigenvalue weighted by molar-refractivity contribution is -0.128. The molecule has 1 N–H and O–H groups in total. The van der Waals surface area contributed by atoms with E-state index in [-0.39, 0.29) is 29.6 Å². The number of amides is 2. The second-order valence-electron chi connectivity index (χ2n) is 6.30. The Morgan fingerprint density at radius 3 is 2.82 bits per heavy atom. The van der Waals surface area contributed by atoms with Gasteiger partial charge in [-0.1, -0.05) is 25.0 Å². The van der Waals surface area contributed by atoms with Gasteiger partial charge >= 0.3 is 0 Å². The molecule has 1 aromatic rings. The van der Waals surface area contributed by atoms with Crippen LogP contribution in [0.15, 0.2) is 24.3 Å². The number of rotatable bonds is 4. The van der Waals surface area contributed by atoms with Gasteiger partial charge in [0.2, 0.25) is 11.8 Å². The van der Waals surface area contributed by atoms with Crippen LogP contribution in [0.2, 0.25) is 0 Å². The highest BCUT2D eigenvalue weighted by Gasteiger charge is 2.32. The third-order valence-electron chi connectivity index (χ3n) is 4.55. The molecule has 0 spiro atoms. The van der Waals surface area contributed by atoms with Crippen LogP contribution in [0.25, 0.3) is 0 Å². The minimum atomic E-state index is -0.296. The Bertz CT molecular complexity index is 570. The molecule has 2 amide bonds. The minimum Gasteiger partial charge on any atom is -0.351 e. The van der Waals surface area contributed by atoms with E-state index in [0.29, 0.717) is 19.5 Å². The SMILES string of the molecule is O=C(N[C@H]1CC(=O)N(Cc2cccc(F)c2)C1)C1CCCC1. The molecule has 1 aliphatic heterocycles. The Balaban J connectivity index is 1.55. The maximum Gasteiger partial charge on any atom is 0.225 e. The summed E-state index contributed by atoms with van der Waals surface area (Å²) in [7, 11) is 0. The number of halogens is 1. The van der Waals surface area contributed by atoms with Gasteiger partial charge in [0.25, 0.3) is 0 Å². The normalized spacial score (nSPS) is 22.3. The van der Waals surface area contributed by atoms with Crippen LogP contribution in [0, 0.1) is 11.7 Å². The third-order valence-corrected chi connectivity index (χ3v) is 4.55. The van der Waals surface area contributed by atoms with Gasteiger partial charge in [-0.05, 0) is 30.5 Å². The molecule has 0 unspecified atom stereocenters. The maximum absolute atomic E-state index is 13.2. The second-order valence-corrected chi connectivity index (χ2v) is 6.30. The highest BCUT2D eigenvalue weighted by molar-refractivity contribution is 5.83. The van der Waals surface area contributed by atoms with E-state index in [2.05, 4.69) is 5.32 Å². The molecule has 1 heterocycles. The van der Waals surface area contributed by atoms with Crippen molar-refractivity contribution in [1.29, 1.82) is 0 Å². The Hall–Kier alpha value is -1.91. The van der Waals surface area contributed by atoms with Gasteiger partial charge in [-0.25, -0.2) is 4.39 Å². The van der Waals surface area contributed by atoms with E-state index in [1.165, 1.54) is 12.1 Å². The first kappa shape index (κ1) is 15.0. The lowest BCUT2D eigenvalue weighted by Crippen LogP contribution is -2.39. The van der Waals surface area contributed by atoms with Gasteiger partial charge < -0.3 is 10.2 Å². The summed E-state index contributed by atoms with van der Waals surface area (Å²) in [6.45, 7) is 0.903. The average molecular weight is 304 g/mol. The highest BCUT2D eigenvalue weighted by Crippen LogP contribution is 2.25. The molecule has 118 valence electrons. The number of likely N-dealkylation sites (tertiary alicyclic amines) is 1. The second kappa shape index (κ2) is 6.46. The third kappa shape index (κ3) is 3.46. The van der Waals surface area contributed by atoms with Crippen molar-refractivity contribution in [2.75, 3.05) is 6.54 Å². The summed E-state index contributed by atoms with van der Waals surface area (Å²) < 4.78 is 13.2. The van der Waals surface area contributed by atoms with E-state index in [9.17, 15) is 14.0 Å². The number of hydrogen-bond acceptors (Lipinski definition) is 2. The lowest BCUT2D eigenvalue weighted by Gasteiger charge is -2.18. The van der Waals surface area contributed by atoms with Gasteiger partial charge in [0.05, 0.1) is 6.04 Å². The van der Waals surface area contributed by atoms with Gasteiger partial charge in [0.15, 0.2) is 0 Å². The molecule has 1 saturated carbocycles. The van der Waals surface area contributed by atoms with Gasteiger partial charge in [-0.3, -0.25) is 9.59 Å². The van der Waals surface area contributed by atoms with E-state index in [1.54, 1.807) is 17.0 Å². The minimum absolute atomic E-state index is 0.0148. The first-order chi connectivity index (χ1) is 10.6. The molecule has 2 aliphatic rings. The summed E-state index contributed by atoms with van der Waals surface area (Å²) in [6.07, 6.45) is 4.49. The van der Waals surface area contributed by atoms with Gasteiger partial charge in [0.1, 0.15) is 5.82 Å². The predicted octanol–water partition coefficient (Wildman–Crippen LogP) is 2.23. The smallest absolute Gasteiger partial charge is 0.225 e. The van der Waals surface area contributed by atoms with E-state index in [0.717, 1.165) is 31.2 Å². The zero-order chi connectivity index (χ0) is 15.5. The predicted molar refractivity (Wildman–Crippen MR) is 80.3 cm³/mol. The fourth-order valence-electron chi connectivity index (χ4n) is 3.38. The van der Waals surface area contributed by atoms with E-state index in [4.69, 9.17) is 0 Å². The Morgan fingerprint density at radius 2 is 2.09 bits per heavy atom. The van der Waals surface area contributed by atoms with Gasteiger partial charge in [-0.15, -0.1) is 0 Å². The number of carbonyl (C=O) groups is 2. The number of carbonyl (C=O) groups excluding carboxylic acids is 2. The van der Waals surface area contributed by atoms with Crippen molar-refractivity contribution in [2.24, 2.45) is 5.92 Å². The standard InChI is InChI=1S/C17H21FN2O2/c18-14-7-3-4-12(8-14)10-20-11-15(9-16(20)21)19-17(22)13-5-1-2-6-13/h3-4,7-8,13,15H,1-2,5-6,9-11H2,(H,19,22)/t15-/m0/s1. The molecular weight excluding hydrogens is 283 g/mol. The van der Waals surface area contributed by atoms with Crippen LogP contribution >= 0.6 is 0 Å². The van der Waals surface area contributed by atoms with Crippen molar-refractivity contribution >= 4 is 11.8 Å². The molecule has 1 saturated heterocycles. The van der Waals surface area contributed by atoms with Crippen molar-refractivity contribution in [3.8, 4) is 0 Å².